The maximum absolute atomic E-state index is 13.7. The van der Waals surface area contributed by atoms with Crippen LogP contribution in [-0.2, 0) is 62.9 Å². The number of nitrogens with one attached hydrogen (secondary N) is 3. The number of nitrogens with zero attached hydrogens (tertiary/aromatic N) is 4. The summed E-state index contributed by atoms with van der Waals surface area (Å²) < 4.78 is 44.4. The molecule has 5 atom stereocenters. The summed E-state index contributed by atoms with van der Waals surface area (Å²) in [4.78, 5) is 118. The molecule has 2 aromatic heterocycles. The molecule has 0 aliphatic rings. The van der Waals surface area contributed by atoms with Crippen LogP contribution in [0, 0.1) is 23.8 Å². The number of oxazole rings is 1. The summed E-state index contributed by atoms with van der Waals surface area (Å²) in [5.74, 6) is -5.89. The fraction of sp³-hybridized carbons (Fsp3) is 0.492. The molecule has 24 nitrogen and oxygen atoms in total. The lowest BCUT2D eigenvalue weighted by Gasteiger charge is -2.26. The number of amides is 3. The molecule has 2 heterocycles. The smallest absolute Gasteiger partial charge is 0.408 e. The molecule has 5 N–H and O–H groups in total. The Balaban J connectivity index is 1.56. The third kappa shape index (κ3) is 23.6. The number of halogens is 1. The minimum absolute atomic E-state index is 0.0613. The monoisotopic (exact) mass is 1220 g/mol. The number of nitrogen functional groups attached to an aromatic ring is 1. The Morgan fingerprint density at radius 3 is 1.75 bits per heavy atom. The van der Waals surface area contributed by atoms with Gasteiger partial charge in [-0.2, -0.15) is 5.26 Å². The van der Waals surface area contributed by atoms with Crippen LogP contribution in [-0.4, -0.2) is 118 Å². The number of alkyl carbamates (subject to hydrolysis) is 2. The van der Waals surface area contributed by atoms with Gasteiger partial charge >= 0.3 is 36.1 Å². The van der Waals surface area contributed by atoms with Gasteiger partial charge in [0.25, 0.3) is 0 Å². The molecule has 85 heavy (non-hydrogen) atoms. The van der Waals surface area contributed by atoms with E-state index in [1.54, 1.807) is 119 Å². The topological polar surface area (TPSA) is 330 Å². The Labute approximate surface area is 503 Å². The van der Waals surface area contributed by atoms with Crippen LogP contribution in [0.2, 0.25) is 5.02 Å². The van der Waals surface area contributed by atoms with Gasteiger partial charge in [-0.15, -0.1) is 0 Å². The molecule has 0 aliphatic carbocycles. The second kappa shape index (κ2) is 29.9. The van der Waals surface area contributed by atoms with Crippen LogP contribution < -0.4 is 26.4 Å². The molecule has 0 bridgehead atoms. The SMILES string of the molecule is [C-]#[N+]c1c(N)nc(SCc2coc(-c3ccc(Cl)cc3)n2)c(C#N)c1-c1ccc(OC[C@@H](COC(=O)[C@H](C)CC(=O)C[C@H](NC(=O)OC(C)(C)C)C(=O)OC(C)(C)C)OC(=O)[C@H](C)NC(=O)C[C@H](NC(=O)OC(C)(C)C)C(=O)OC(C)(C)C)cc1. The van der Waals surface area contributed by atoms with Crippen LogP contribution in [0.4, 0.5) is 21.1 Å². The van der Waals surface area contributed by atoms with Crippen LogP contribution in [0.25, 0.3) is 27.4 Å². The van der Waals surface area contributed by atoms with E-state index in [9.17, 15) is 43.6 Å². The van der Waals surface area contributed by atoms with Gasteiger partial charge in [0.05, 0.1) is 30.2 Å². The number of benzene rings is 2. The Bertz CT molecular complexity index is 3150. The lowest BCUT2D eigenvalue weighted by Crippen LogP contribution is -2.50. The molecule has 0 spiro atoms. The van der Waals surface area contributed by atoms with Crippen LogP contribution in [0.3, 0.4) is 0 Å². The number of esters is 4. The molecule has 0 saturated heterocycles. The van der Waals surface area contributed by atoms with Gasteiger partial charge in [-0.1, -0.05) is 42.4 Å². The first-order chi connectivity index (χ1) is 39.4. The fourth-order valence-corrected chi connectivity index (χ4v) is 8.33. The zero-order chi connectivity index (χ0) is 63.8. The maximum Gasteiger partial charge on any atom is 0.408 e. The summed E-state index contributed by atoms with van der Waals surface area (Å²) in [5.41, 5.74) is 4.22. The van der Waals surface area contributed by atoms with Crippen molar-refractivity contribution in [3.05, 3.63) is 82.5 Å². The summed E-state index contributed by atoms with van der Waals surface area (Å²) >= 11 is 7.19. The highest BCUT2D eigenvalue weighted by Gasteiger charge is 2.35. The summed E-state index contributed by atoms with van der Waals surface area (Å²) in [6.45, 7) is 28.7. The zero-order valence-electron chi connectivity index (χ0n) is 50.0. The molecule has 0 unspecified atom stereocenters. The van der Waals surface area contributed by atoms with E-state index in [0.717, 1.165) is 11.8 Å². The number of thioether (sulfide) groups is 1. The van der Waals surface area contributed by atoms with Gasteiger partial charge in [0, 0.05) is 34.7 Å². The van der Waals surface area contributed by atoms with E-state index in [4.69, 9.17) is 61.5 Å². The van der Waals surface area contributed by atoms with Crippen molar-refractivity contribution >= 4 is 82.6 Å². The number of ether oxygens (including phenoxy) is 7. The molecule has 0 saturated carbocycles. The minimum Gasteiger partial charge on any atom is -0.490 e. The highest BCUT2D eigenvalue weighted by molar-refractivity contribution is 7.98. The predicted molar refractivity (Wildman–Crippen MR) is 312 cm³/mol. The number of nitrogens with two attached hydrogens (primary N) is 1. The average Bonchev–Trinajstić information content (AvgIpc) is 1.77. The highest BCUT2D eigenvalue weighted by Crippen LogP contribution is 2.42. The molecule has 0 radical (unpaired) electrons. The van der Waals surface area contributed by atoms with Crippen molar-refractivity contribution < 1.29 is 75.9 Å². The molecule has 4 rings (SSSR count). The third-order valence-electron chi connectivity index (χ3n) is 10.9. The van der Waals surface area contributed by atoms with Gasteiger partial charge in [0.15, 0.2) is 6.10 Å². The minimum atomic E-state index is -1.54. The van der Waals surface area contributed by atoms with Crippen LogP contribution in [0.15, 0.2) is 64.2 Å². The van der Waals surface area contributed by atoms with E-state index < -0.39 is 133 Å². The Morgan fingerprint density at radius 2 is 1.24 bits per heavy atom. The maximum atomic E-state index is 13.7. The zero-order valence-corrected chi connectivity index (χ0v) is 51.6. The predicted octanol–water partition coefficient (Wildman–Crippen LogP) is 9.54. The summed E-state index contributed by atoms with van der Waals surface area (Å²) in [5, 5.41) is 18.4. The van der Waals surface area contributed by atoms with Crippen molar-refractivity contribution in [1.82, 2.24) is 25.9 Å². The number of carbonyl (C=O) groups excluding carboxylic acids is 8. The molecule has 26 heteroatoms. The van der Waals surface area contributed by atoms with E-state index >= 15 is 0 Å². The summed E-state index contributed by atoms with van der Waals surface area (Å²) in [6.07, 6.45) is -3.63. The Morgan fingerprint density at radius 1 is 0.706 bits per heavy atom. The largest absolute Gasteiger partial charge is 0.490 e. The van der Waals surface area contributed by atoms with Crippen molar-refractivity contribution in [3.8, 4) is 34.4 Å². The van der Waals surface area contributed by atoms with E-state index in [0.29, 0.717) is 27.7 Å². The van der Waals surface area contributed by atoms with Crippen molar-refractivity contribution in [2.75, 3.05) is 18.9 Å². The highest BCUT2D eigenvalue weighted by atomic mass is 35.5. The number of rotatable bonds is 24. The lowest BCUT2D eigenvalue weighted by atomic mass is 10.00. The number of nitriles is 1. The Hall–Kier alpha value is -8.42. The van der Waals surface area contributed by atoms with Gasteiger partial charge < -0.3 is 59.3 Å². The molecule has 0 aliphatic heterocycles. The molecule has 4 aromatic rings. The number of pyridine rings is 1. The average molecular weight is 1220 g/mol. The third-order valence-corrected chi connectivity index (χ3v) is 12.2. The second-order valence-electron chi connectivity index (χ2n) is 23.4. The van der Waals surface area contributed by atoms with E-state index in [-0.39, 0.29) is 39.2 Å². The molecule has 0 fully saturated rings. The molecule has 458 valence electrons. The van der Waals surface area contributed by atoms with Crippen molar-refractivity contribution in [3.63, 3.8) is 0 Å². The molecular formula is C59H73ClN8O16S. The molecule has 2 aromatic carbocycles. The van der Waals surface area contributed by atoms with Gasteiger partial charge in [-0.25, -0.2) is 38.8 Å². The number of carbonyl (C=O) groups is 8. The van der Waals surface area contributed by atoms with E-state index in [2.05, 4.69) is 36.8 Å². The number of aromatic nitrogens is 2. The van der Waals surface area contributed by atoms with Crippen LogP contribution in [0.1, 0.15) is 127 Å². The first-order valence-electron chi connectivity index (χ1n) is 26.7. The van der Waals surface area contributed by atoms with Gasteiger partial charge in [0.1, 0.15) is 88.5 Å². The first-order valence-corrected chi connectivity index (χ1v) is 28.1. The van der Waals surface area contributed by atoms with Crippen molar-refractivity contribution in [1.29, 1.82) is 5.26 Å². The van der Waals surface area contributed by atoms with Crippen molar-refractivity contribution in [2.24, 2.45) is 5.92 Å². The molecule has 3 amide bonds. The number of hydrogen-bond acceptors (Lipinski definition) is 21. The number of Topliss-reactive ketones (excluding diaryl/α,β-unsaturated/α-hetero) is 1. The van der Waals surface area contributed by atoms with Gasteiger partial charge in [-0.05, 0) is 132 Å². The van der Waals surface area contributed by atoms with Crippen molar-refractivity contribution in [2.45, 2.75) is 174 Å². The summed E-state index contributed by atoms with van der Waals surface area (Å²) in [6, 6.07) is 10.8. The Kier molecular flexibility index (Phi) is 24.3. The van der Waals surface area contributed by atoms with E-state index in [1.807, 2.05) is 0 Å². The summed E-state index contributed by atoms with van der Waals surface area (Å²) in [7, 11) is 0. The normalized spacial score (nSPS) is 13.4. The quantitative estimate of drug-likeness (QED) is 0.0219. The van der Waals surface area contributed by atoms with Crippen LogP contribution >= 0.6 is 23.4 Å². The number of anilines is 1. The number of hydrogen-bond donors (Lipinski definition) is 4. The first kappa shape index (κ1) is 69.1. The standard InChI is InChI=1S/C59H73ClN8O16S/c1-32(24-38(69)25-42(52(73)81-56(3,4)5)66-54(75)83-58(9,10)11)50(71)79-30-40(80-51(72)33(2)64-44(70)26-43(53(74)82-57(6,7)8)67-55(76)84-59(12,13)14)29-77-39-22-18-34(19-23-39)45-41(27-61)49(68-47(62)46(45)63-15)85-31-37-28-78-48(65-37)35-16-20-36(60)21-17-35/h16-23,28,32-33,40,42-43H,24-26,29-31H2,1-14H3,(H2,62,68)(H,64,70)(H,66,75)(H,67,76)/t32-,33+,40+,42+,43+/m1/s1. The van der Waals surface area contributed by atoms with E-state index in [1.165, 1.54) is 32.2 Å². The van der Waals surface area contributed by atoms with Gasteiger partial charge in [0.2, 0.25) is 17.5 Å². The molecular weight excluding hydrogens is 1140 g/mol. The van der Waals surface area contributed by atoms with Crippen LogP contribution in [0.5, 0.6) is 5.75 Å². The fourth-order valence-electron chi connectivity index (χ4n) is 7.33. The lowest BCUT2D eigenvalue weighted by molar-refractivity contribution is -0.164. The van der Waals surface area contributed by atoms with Gasteiger partial charge in [-0.3, -0.25) is 14.4 Å². The second-order valence-corrected chi connectivity index (χ2v) is 24.8. The number of ketones is 1.